The third-order valence-corrected chi connectivity index (χ3v) is 7.84. The molecule has 0 saturated heterocycles. The topological polar surface area (TPSA) is 112 Å². The van der Waals surface area contributed by atoms with E-state index in [0.29, 0.717) is 10.7 Å². The maximum absolute atomic E-state index is 12.6. The van der Waals surface area contributed by atoms with Crippen molar-refractivity contribution in [3.8, 4) is 5.75 Å². The van der Waals surface area contributed by atoms with Gasteiger partial charge in [0.15, 0.2) is 5.84 Å². The fraction of sp³-hybridized carbons (Fsp3) is 0.250. The Balaban J connectivity index is 1.53. The number of carbonyl (C=O) groups is 1. The van der Waals surface area contributed by atoms with Crippen LogP contribution in [-0.4, -0.2) is 35.4 Å². The van der Waals surface area contributed by atoms with E-state index in [4.69, 9.17) is 9.59 Å². The van der Waals surface area contributed by atoms with Crippen molar-refractivity contribution in [2.45, 2.75) is 38.5 Å². The molecular weight excluding hydrogens is 472 g/mol. The number of amides is 1. The van der Waals surface area contributed by atoms with Gasteiger partial charge in [0.05, 0.1) is 5.57 Å². The molecule has 0 saturated carbocycles. The monoisotopic (exact) mass is 496 g/mol. The molecule has 176 valence electrons. The van der Waals surface area contributed by atoms with Crippen LogP contribution in [0, 0.1) is 18.3 Å². The average Bonchev–Trinajstić information content (AvgIpc) is 3.22. The van der Waals surface area contributed by atoms with Gasteiger partial charge in [0.1, 0.15) is 15.7 Å². The van der Waals surface area contributed by atoms with Crippen LogP contribution in [0.1, 0.15) is 37.8 Å². The fourth-order valence-corrected chi connectivity index (χ4v) is 5.56. The largest absolute Gasteiger partial charge is 0.379 e. The highest BCUT2D eigenvalue weighted by Gasteiger charge is 2.37. The van der Waals surface area contributed by atoms with Crippen LogP contribution in [0.5, 0.6) is 5.75 Å². The average molecular weight is 497 g/mol. The highest BCUT2D eigenvalue weighted by atomic mass is 32.2. The summed E-state index contributed by atoms with van der Waals surface area (Å²) in [5.74, 6) is -0.140. The highest BCUT2D eigenvalue weighted by Crippen LogP contribution is 2.33. The van der Waals surface area contributed by atoms with Crippen molar-refractivity contribution in [3.05, 3.63) is 65.2 Å². The number of hydrogen-bond acceptors (Lipinski definition) is 7. The molecule has 0 atom stereocenters. The summed E-state index contributed by atoms with van der Waals surface area (Å²) >= 11 is 1.34. The number of rotatable bonds is 7. The van der Waals surface area contributed by atoms with E-state index in [1.807, 2.05) is 6.92 Å². The van der Waals surface area contributed by atoms with Gasteiger partial charge in [0.25, 0.3) is 5.91 Å². The minimum Gasteiger partial charge on any atom is -0.379 e. The lowest BCUT2D eigenvalue weighted by Gasteiger charge is -2.20. The first-order valence-corrected chi connectivity index (χ1v) is 13.1. The van der Waals surface area contributed by atoms with Crippen LogP contribution >= 0.6 is 11.8 Å². The molecule has 34 heavy (non-hydrogen) atoms. The van der Waals surface area contributed by atoms with Crippen LogP contribution in [0.3, 0.4) is 0 Å². The van der Waals surface area contributed by atoms with Gasteiger partial charge in [-0.2, -0.15) is 23.5 Å². The zero-order valence-corrected chi connectivity index (χ0v) is 20.6. The molecule has 1 N–H and O–H groups in total. The van der Waals surface area contributed by atoms with Gasteiger partial charge in [-0.1, -0.05) is 43.7 Å². The SMILES string of the molecule is CCC(CC)C1=NN2C(=N)/C(=C\c3ccc(OS(=O)(=O)c4ccc(C)cc4)cc3)C(=O)N=C2S1. The van der Waals surface area contributed by atoms with Gasteiger partial charge >= 0.3 is 10.1 Å². The zero-order chi connectivity index (χ0) is 24.5. The molecule has 2 aliphatic heterocycles. The Morgan fingerprint density at radius 1 is 1.09 bits per heavy atom. The first-order valence-electron chi connectivity index (χ1n) is 10.8. The van der Waals surface area contributed by atoms with Gasteiger partial charge in [0.2, 0.25) is 5.17 Å². The molecule has 0 aliphatic carbocycles. The number of thioether (sulfide) groups is 1. The molecule has 0 bridgehead atoms. The first kappa shape index (κ1) is 23.9. The van der Waals surface area contributed by atoms with Crippen molar-refractivity contribution in [1.29, 1.82) is 5.41 Å². The first-order chi connectivity index (χ1) is 16.2. The maximum Gasteiger partial charge on any atom is 0.339 e. The number of nitrogens with one attached hydrogen (secondary N) is 1. The van der Waals surface area contributed by atoms with E-state index in [1.54, 1.807) is 30.3 Å². The van der Waals surface area contributed by atoms with E-state index in [0.717, 1.165) is 23.4 Å². The summed E-state index contributed by atoms with van der Waals surface area (Å²) in [6.45, 7) is 6.03. The molecule has 1 amide bonds. The number of hydrazone groups is 1. The number of fused-ring (bicyclic) bond motifs is 1. The Labute approximate surface area is 203 Å². The molecule has 8 nitrogen and oxygen atoms in total. The quantitative estimate of drug-likeness (QED) is 0.434. The van der Waals surface area contributed by atoms with Crippen molar-refractivity contribution in [1.82, 2.24) is 5.01 Å². The predicted octanol–water partition coefficient (Wildman–Crippen LogP) is 4.82. The van der Waals surface area contributed by atoms with E-state index < -0.39 is 16.0 Å². The molecular formula is C24H24N4O4S2. The molecule has 2 aromatic carbocycles. The lowest BCUT2D eigenvalue weighted by Crippen LogP contribution is -2.35. The molecule has 0 fully saturated rings. The fourth-order valence-electron chi connectivity index (χ4n) is 3.48. The summed E-state index contributed by atoms with van der Waals surface area (Å²) < 4.78 is 30.2. The second kappa shape index (κ2) is 9.55. The summed E-state index contributed by atoms with van der Waals surface area (Å²) in [5, 5.41) is 15.7. The summed E-state index contributed by atoms with van der Waals surface area (Å²) in [6.07, 6.45) is 3.38. The van der Waals surface area contributed by atoms with Crippen LogP contribution < -0.4 is 4.18 Å². The Morgan fingerprint density at radius 3 is 2.35 bits per heavy atom. The molecule has 4 rings (SSSR count). The number of carbonyl (C=O) groups excluding carboxylic acids is 1. The van der Waals surface area contributed by atoms with E-state index in [9.17, 15) is 13.2 Å². The minimum atomic E-state index is -3.96. The van der Waals surface area contributed by atoms with Gasteiger partial charge in [-0.25, -0.2) is 0 Å². The minimum absolute atomic E-state index is 0.0364. The highest BCUT2D eigenvalue weighted by molar-refractivity contribution is 8.27. The molecule has 0 radical (unpaired) electrons. The van der Waals surface area contributed by atoms with Crippen molar-refractivity contribution < 1.29 is 17.4 Å². The third-order valence-electron chi connectivity index (χ3n) is 5.51. The summed E-state index contributed by atoms with van der Waals surface area (Å²) in [7, 11) is -3.96. The second-order valence-electron chi connectivity index (χ2n) is 7.89. The van der Waals surface area contributed by atoms with Crippen molar-refractivity contribution >= 4 is 49.9 Å². The van der Waals surface area contributed by atoms with E-state index in [1.165, 1.54) is 41.0 Å². The second-order valence-corrected chi connectivity index (χ2v) is 10.4. The number of amidine groups is 2. The van der Waals surface area contributed by atoms with Crippen LogP contribution in [0.25, 0.3) is 6.08 Å². The van der Waals surface area contributed by atoms with E-state index in [-0.39, 0.29) is 28.0 Å². The molecule has 2 heterocycles. The normalized spacial score (nSPS) is 17.2. The maximum atomic E-state index is 12.6. The molecule has 10 heteroatoms. The van der Waals surface area contributed by atoms with Crippen LogP contribution in [-0.2, 0) is 14.9 Å². The Kier molecular flexibility index (Phi) is 6.72. The van der Waals surface area contributed by atoms with Gasteiger partial charge < -0.3 is 4.18 Å². The van der Waals surface area contributed by atoms with Crippen LogP contribution in [0.15, 0.2) is 69.1 Å². The van der Waals surface area contributed by atoms with Crippen LogP contribution in [0.4, 0.5) is 0 Å². The smallest absolute Gasteiger partial charge is 0.339 e. The van der Waals surface area contributed by atoms with E-state index >= 15 is 0 Å². The van der Waals surface area contributed by atoms with Crippen molar-refractivity contribution in [2.75, 3.05) is 0 Å². The Bertz CT molecular complexity index is 1320. The van der Waals surface area contributed by atoms with E-state index in [2.05, 4.69) is 23.9 Å². The van der Waals surface area contributed by atoms with Crippen LogP contribution in [0.2, 0.25) is 0 Å². The standard InChI is InChI=1S/C24H24N4O4S2/c1-4-17(5-2)23-27-28-21(25)20(22(29)26-24(28)33-23)14-16-8-10-18(11-9-16)32-34(30,31)19-12-6-15(3)7-13-19/h6-14,17,25H,4-5H2,1-3H3/b20-14+,25-21?. The molecule has 2 aromatic rings. The Morgan fingerprint density at radius 2 is 1.74 bits per heavy atom. The molecule has 0 spiro atoms. The third kappa shape index (κ3) is 4.83. The van der Waals surface area contributed by atoms with Crippen molar-refractivity contribution in [3.63, 3.8) is 0 Å². The lowest BCUT2D eigenvalue weighted by molar-refractivity contribution is -0.114. The number of nitrogens with zero attached hydrogens (tertiary/aromatic N) is 3. The summed E-state index contributed by atoms with van der Waals surface area (Å²) in [5.41, 5.74) is 1.66. The summed E-state index contributed by atoms with van der Waals surface area (Å²) in [6, 6.07) is 12.6. The summed E-state index contributed by atoms with van der Waals surface area (Å²) in [4.78, 5) is 16.8. The number of aliphatic imine (C=N–C) groups is 1. The molecule has 2 aliphatic rings. The number of hydrogen-bond donors (Lipinski definition) is 1. The van der Waals surface area contributed by atoms with Crippen molar-refractivity contribution in [2.24, 2.45) is 16.0 Å². The van der Waals surface area contributed by atoms with Gasteiger partial charge in [0, 0.05) is 5.92 Å². The number of benzene rings is 2. The van der Waals surface area contributed by atoms with Gasteiger partial charge in [-0.3, -0.25) is 10.2 Å². The lowest BCUT2D eigenvalue weighted by atomic mass is 10.1. The van der Waals surface area contributed by atoms with Gasteiger partial charge in [-0.15, -0.1) is 0 Å². The molecule has 0 unspecified atom stereocenters. The Hall–Kier alpha value is -3.24. The number of aryl methyl sites for hydroxylation is 1. The molecule has 0 aromatic heterocycles. The zero-order valence-electron chi connectivity index (χ0n) is 19.0. The van der Waals surface area contributed by atoms with Gasteiger partial charge in [-0.05, 0) is 67.4 Å². The predicted molar refractivity (Wildman–Crippen MR) is 135 cm³/mol.